The van der Waals surface area contributed by atoms with Gasteiger partial charge in [0, 0.05) is 30.0 Å². The summed E-state index contributed by atoms with van der Waals surface area (Å²) < 4.78 is 12.7. The molecule has 160 valence electrons. The second-order valence-corrected chi connectivity index (χ2v) is 8.18. The maximum atomic E-state index is 12.7. The number of aliphatic hydroxyl groups excluding tert-OH is 1. The van der Waals surface area contributed by atoms with Crippen LogP contribution in [-0.4, -0.2) is 37.1 Å². The molecule has 2 atom stereocenters. The van der Waals surface area contributed by atoms with Gasteiger partial charge in [-0.1, -0.05) is 58.4 Å². The molecule has 1 heterocycles. The van der Waals surface area contributed by atoms with E-state index in [0.29, 0.717) is 31.8 Å². The Morgan fingerprint density at radius 3 is 2.63 bits per heavy atom. The van der Waals surface area contributed by atoms with Gasteiger partial charge in [-0.25, -0.2) is 0 Å². The summed E-state index contributed by atoms with van der Waals surface area (Å²) in [7, 11) is 0. The van der Waals surface area contributed by atoms with Crippen molar-refractivity contribution in [3.63, 3.8) is 0 Å². The highest BCUT2D eigenvalue weighted by Crippen LogP contribution is 2.32. The molecular weight excluding hydrogens is 446 g/mol. The smallest absolute Gasteiger partial charge is 0.286 e. The third-order valence-corrected chi connectivity index (χ3v) is 5.51. The Bertz CT molecular complexity index is 823. The third kappa shape index (κ3) is 6.97. The third-order valence-electron chi connectivity index (χ3n) is 4.98. The van der Waals surface area contributed by atoms with E-state index in [9.17, 15) is 4.79 Å². The average Bonchev–Trinajstić information content (AvgIpc) is 2.78. The number of nitrogens with one attached hydrogen (secondary N) is 1. The van der Waals surface area contributed by atoms with Crippen LogP contribution >= 0.6 is 15.9 Å². The van der Waals surface area contributed by atoms with Gasteiger partial charge in [0.05, 0.1) is 6.61 Å². The first-order valence-corrected chi connectivity index (χ1v) is 11.1. The molecule has 0 unspecified atom stereocenters. The van der Waals surface area contributed by atoms with Crippen molar-refractivity contribution in [1.29, 1.82) is 0 Å². The van der Waals surface area contributed by atoms with Crippen LogP contribution in [0.2, 0.25) is 0 Å². The molecular formula is C24H28BrNO4. The van der Waals surface area contributed by atoms with Gasteiger partial charge in [-0.3, -0.25) is 4.79 Å². The van der Waals surface area contributed by atoms with Crippen molar-refractivity contribution in [2.45, 2.75) is 37.9 Å². The monoisotopic (exact) mass is 473 g/mol. The second-order valence-electron chi connectivity index (χ2n) is 7.27. The summed E-state index contributed by atoms with van der Waals surface area (Å²) in [6, 6.07) is 18.1. The van der Waals surface area contributed by atoms with Crippen LogP contribution in [0.15, 0.2) is 70.9 Å². The summed E-state index contributed by atoms with van der Waals surface area (Å²) in [5, 5.41) is 11.9. The predicted octanol–water partition coefficient (Wildman–Crippen LogP) is 4.31. The molecule has 3 rings (SSSR count). The number of carbonyl (C=O) groups excluding carboxylic acids is 1. The molecule has 30 heavy (non-hydrogen) atoms. The lowest BCUT2D eigenvalue weighted by Crippen LogP contribution is -2.34. The van der Waals surface area contributed by atoms with Crippen LogP contribution in [0.5, 0.6) is 0 Å². The fraction of sp³-hybridized carbons (Fsp3) is 0.375. The second kappa shape index (κ2) is 11.9. The fourth-order valence-electron chi connectivity index (χ4n) is 3.34. The Balaban J connectivity index is 1.64. The topological polar surface area (TPSA) is 67.8 Å². The zero-order chi connectivity index (χ0) is 21.2. The first kappa shape index (κ1) is 22.5. The number of aliphatic hydroxyl groups is 1. The van der Waals surface area contributed by atoms with Crippen molar-refractivity contribution >= 4 is 21.8 Å². The quantitative estimate of drug-likeness (QED) is 0.504. The van der Waals surface area contributed by atoms with Crippen molar-refractivity contribution < 1.29 is 19.4 Å². The van der Waals surface area contributed by atoms with E-state index in [2.05, 4.69) is 21.2 Å². The number of hydrogen-bond donors (Lipinski definition) is 2. The normalized spacial score (nSPS) is 18.4. The Kier molecular flexibility index (Phi) is 8.93. The van der Waals surface area contributed by atoms with E-state index in [1.165, 1.54) is 5.56 Å². The van der Waals surface area contributed by atoms with Crippen molar-refractivity contribution in [3.05, 3.63) is 82.0 Å². The van der Waals surface area contributed by atoms with Crippen molar-refractivity contribution in [2.75, 3.05) is 19.8 Å². The van der Waals surface area contributed by atoms with Gasteiger partial charge in [0.25, 0.3) is 5.91 Å². The maximum Gasteiger partial charge on any atom is 0.286 e. The van der Waals surface area contributed by atoms with Crippen molar-refractivity contribution in [3.8, 4) is 0 Å². The van der Waals surface area contributed by atoms with Crippen LogP contribution in [0.4, 0.5) is 0 Å². The molecule has 2 aromatic carbocycles. The molecule has 0 fully saturated rings. The highest BCUT2D eigenvalue weighted by Gasteiger charge is 2.28. The van der Waals surface area contributed by atoms with Crippen molar-refractivity contribution in [1.82, 2.24) is 5.32 Å². The van der Waals surface area contributed by atoms with E-state index in [-0.39, 0.29) is 18.4 Å². The van der Waals surface area contributed by atoms with Crippen LogP contribution in [0.3, 0.4) is 0 Å². The van der Waals surface area contributed by atoms with Gasteiger partial charge in [-0.15, -0.1) is 0 Å². The minimum Gasteiger partial charge on any atom is -0.459 e. The summed E-state index contributed by atoms with van der Waals surface area (Å²) in [6.07, 6.45) is 4.23. The van der Waals surface area contributed by atoms with E-state index in [1.807, 2.05) is 60.7 Å². The van der Waals surface area contributed by atoms with Gasteiger partial charge in [0.2, 0.25) is 6.29 Å². The van der Waals surface area contributed by atoms with Crippen LogP contribution in [0.25, 0.3) is 0 Å². The zero-order valence-corrected chi connectivity index (χ0v) is 18.5. The van der Waals surface area contributed by atoms with Crippen LogP contribution in [0.1, 0.15) is 36.3 Å². The average molecular weight is 474 g/mol. The minimum atomic E-state index is -0.489. The van der Waals surface area contributed by atoms with Gasteiger partial charge in [0.15, 0.2) is 5.76 Å². The molecule has 1 amide bonds. The fourth-order valence-corrected chi connectivity index (χ4v) is 3.61. The molecule has 0 aliphatic carbocycles. The Morgan fingerprint density at radius 2 is 1.90 bits per heavy atom. The molecule has 2 N–H and O–H groups in total. The molecule has 0 bridgehead atoms. The Hall–Kier alpha value is -2.15. The number of rotatable bonds is 10. The van der Waals surface area contributed by atoms with E-state index in [1.54, 1.807) is 0 Å². The van der Waals surface area contributed by atoms with E-state index < -0.39 is 6.29 Å². The molecule has 1 aliphatic heterocycles. The number of unbranched alkanes of at least 4 members (excludes halogenated alkanes) is 1. The summed E-state index contributed by atoms with van der Waals surface area (Å²) in [5.41, 5.74) is 2.29. The molecule has 0 spiro atoms. The highest BCUT2D eigenvalue weighted by atomic mass is 79.9. The van der Waals surface area contributed by atoms with Gasteiger partial charge < -0.3 is 19.9 Å². The molecule has 0 aromatic heterocycles. The summed E-state index contributed by atoms with van der Waals surface area (Å²) in [5.74, 6) is 0.107. The number of hydrogen-bond acceptors (Lipinski definition) is 4. The van der Waals surface area contributed by atoms with Gasteiger partial charge in [-0.2, -0.15) is 0 Å². The Morgan fingerprint density at radius 1 is 1.13 bits per heavy atom. The Labute approximate surface area is 186 Å². The van der Waals surface area contributed by atoms with E-state index in [0.717, 1.165) is 22.9 Å². The summed E-state index contributed by atoms with van der Waals surface area (Å²) >= 11 is 3.46. The van der Waals surface area contributed by atoms with Crippen molar-refractivity contribution in [2.24, 2.45) is 0 Å². The standard InChI is InChI=1S/C24H28BrNO4/c25-21-10-8-19(9-11-21)20-16-22(30-23(17-20)29-15-5-4-14-27)24(28)26-13-12-18-6-2-1-3-7-18/h1-3,6-11,16,20,23,27H,4-5,12-15,17H2,(H,26,28)/t20-,23+/m0/s1. The molecule has 1 aliphatic rings. The first-order chi connectivity index (χ1) is 14.7. The maximum absolute atomic E-state index is 12.7. The summed E-state index contributed by atoms with van der Waals surface area (Å²) in [4.78, 5) is 12.7. The molecule has 0 saturated carbocycles. The molecule has 6 heteroatoms. The van der Waals surface area contributed by atoms with Crippen LogP contribution in [-0.2, 0) is 20.7 Å². The number of ether oxygens (including phenoxy) is 2. The van der Waals surface area contributed by atoms with Crippen LogP contribution in [0, 0.1) is 0 Å². The van der Waals surface area contributed by atoms with E-state index >= 15 is 0 Å². The predicted molar refractivity (Wildman–Crippen MR) is 120 cm³/mol. The molecule has 0 saturated heterocycles. The molecule has 5 nitrogen and oxygen atoms in total. The number of benzene rings is 2. The number of amides is 1. The molecule has 2 aromatic rings. The van der Waals surface area contributed by atoms with Gasteiger partial charge >= 0.3 is 0 Å². The molecule has 0 radical (unpaired) electrons. The lowest BCUT2D eigenvalue weighted by molar-refractivity contribution is -0.146. The highest BCUT2D eigenvalue weighted by molar-refractivity contribution is 9.10. The first-order valence-electron chi connectivity index (χ1n) is 10.3. The lowest BCUT2D eigenvalue weighted by Gasteiger charge is -2.29. The minimum absolute atomic E-state index is 0.0320. The largest absolute Gasteiger partial charge is 0.459 e. The lowest BCUT2D eigenvalue weighted by atomic mass is 9.93. The van der Waals surface area contributed by atoms with Gasteiger partial charge in [0.1, 0.15) is 0 Å². The zero-order valence-electron chi connectivity index (χ0n) is 16.9. The van der Waals surface area contributed by atoms with Gasteiger partial charge in [-0.05, 0) is 48.6 Å². The summed E-state index contributed by atoms with van der Waals surface area (Å²) in [6.45, 7) is 1.17. The van der Waals surface area contributed by atoms with Crippen LogP contribution < -0.4 is 5.32 Å². The number of allylic oxidation sites excluding steroid dienone is 1. The number of carbonyl (C=O) groups is 1. The SMILES string of the molecule is O=C(NCCc1ccccc1)C1=C[C@H](c2ccc(Br)cc2)C[C@H](OCCCCO)O1. The number of halogens is 1. The van der Waals surface area contributed by atoms with E-state index in [4.69, 9.17) is 14.6 Å².